The molecular formula is C15H21N5. The van der Waals surface area contributed by atoms with Gasteiger partial charge in [-0.05, 0) is 39.4 Å². The van der Waals surface area contributed by atoms with E-state index in [0.717, 1.165) is 30.2 Å². The first kappa shape index (κ1) is 13.2. The molecule has 106 valence electrons. The molecule has 3 rings (SSSR count). The van der Waals surface area contributed by atoms with Crippen molar-refractivity contribution in [1.29, 1.82) is 0 Å². The zero-order valence-corrected chi connectivity index (χ0v) is 12.2. The van der Waals surface area contributed by atoms with Crippen LogP contribution in [0.3, 0.4) is 0 Å². The molecule has 1 fully saturated rings. The SMILES string of the molecule is CCn1nccc1-c1cncc([C@H]2CCCN(C)C2)n1. The molecule has 0 amide bonds. The lowest BCUT2D eigenvalue weighted by molar-refractivity contribution is 0.248. The Morgan fingerprint density at radius 2 is 2.25 bits per heavy atom. The third-order valence-corrected chi connectivity index (χ3v) is 3.97. The fourth-order valence-corrected chi connectivity index (χ4v) is 2.91. The summed E-state index contributed by atoms with van der Waals surface area (Å²) < 4.78 is 1.96. The van der Waals surface area contributed by atoms with Crippen LogP contribution in [0.2, 0.25) is 0 Å². The lowest BCUT2D eigenvalue weighted by atomic mass is 9.95. The van der Waals surface area contributed by atoms with E-state index in [1.54, 1.807) is 0 Å². The van der Waals surface area contributed by atoms with Crippen molar-refractivity contribution in [3.05, 3.63) is 30.4 Å². The van der Waals surface area contributed by atoms with Crippen LogP contribution in [0.5, 0.6) is 0 Å². The summed E-state index contributed by atoms with van der Waals surface area (Å²) in [4.78, 5) is 11.6. The zero-order valence-electron chi connectivity index (χ0n) is 12.2. The van der Waals surface area contributed by atoms with Crippen molar-refractivity contribution in [2.45, 2.75) is 32.2 Å². The third kappa shape index (κ3) is 2.58. The Balaban J connectivity index is 1.89. The molecule has 1 aliphatic heterocycles. The number of nitrogens with zero attached hydrogens (tertiary/aromatic N) is 5. The average Bonchev–Trinajstić information content (AvgIpc) is 2.96. The first-order chi connectivity index (χ1) is 9.78. The highest BCUT2D eigenvalue weighted by atomic mass is 15.3. The van der Waals surface area contributed by atoms with E-state index in [1.165, 1.54) is 19.4 Å². The van der Waals surface area contributed by atoms with Crippen LogP contribution in [0, 0.1) is 0 Å². The molecular weight excluding hydrogens is 250 g/mol. The molecule has 20 heavy (non-hydrogen) atoms. The van der Waals surface area contributed by atoms with Crippen LogP contribution in [0.25, 0.3) is 11.4 Å². The number of rotatable bonds is 3. The highest BCUT2D eigenvalue weighted by molar-refractivity contribution is 5.52. The van der Waals surface area contributed by atoms with Gasteiger partial charge in [-0.15, -0.1) is 0 Å². The Hall–Kier alpha value is -1.75. The molecule has 1 saturated heterocycles. The number of likely N-dealkylation sites (tertiary alicyclic amines) is 1. The van der Waals surface area contributed by atoms with E-state index in [9.17, 15) is 0 Å². The first-order valence-corrected chi connectivity index (χ1v) is 7.30. The zero-order chi connectivity index (χ0) is 13.9. The molecule has 0 N–H and O–H groups in total. The summed E-state index contributed by atoms with van der Waals surface area (Å²) >= 11 is 0. The largest absolute Gasteiger partial charge is 0.306 e. The van der Waals surface area contributed by atoms with E-state index in [-0.39, 0.29) is 0 Å². The highest BCUT2D eigenvalue weighted by Gasteiger charge is 2.21. The van der Waals surface area contributed by atoms with Gasteiger partial charge in [0, 0.05) is 31.4 Å². The molecule has 0 bridgehead atoms. The van der Waals surface area contributed by atoms with E-state index in [2.05, 4.69) is 29.0 Å². The van der Waals surface area contributed by atoms with E-state index in [1.807, 2.05) is 29.3 Å². The maximum Gasteiger partial charge on any atom is 0.107 e. The van der Waals surface area contributed by atoms with Crippen molar-refractivity contribution in [3.8, 4) is 11.4 Å². The smallest absolute Gasteiger partial charge is 0.107 e. The molecule has 1 aliphatic rings. The highest BCUT2D eigenvalue weighted by Crippen LogP contribution is 2.26. The first-order valence-electron chi connectivity index (χ1n) is 7.30. The second-order valence-corrected chi connectivity index (χ2v) is 5.46. The monoisotopic (exact) mass is 271 g/mol. The quantitative estimate of drug-likeness (QED) is 0.858. The van der Waals surface area contributed by atoms with Crippen LogP contribution in [-0.2, 0) is 6.54 Å². The lowest BCUT2D eigenvalue weighted by Gasteiger charge is -2.29. The second-order valence-electron chi connectivity index (χ2n) is 5.46. The van der Waals surface area contributed by atoms with E-state index >= 15 is 0 Å². The van der Waals surface area contributed by atoms with Gasteiger partial charge in [0.15, 0.2) is 0 Å². The summed E-state index contributed by atoms with van der Waals surface area (Å²) in [6.07, 6.45) is 8.01. The summed E-state index contributed by atoms with van der Waals surface area (Å²) in [5, 5.41) is 4.31. The molecule has 0 radical (unpaired) electrons. The molecule has 0 spiro atoms. The number of hydrogen-bond donors (Lipinski definition) is 0. The Morgan fingerprint density at radius 1 is 1.35 bits per heavy atom. The summed E-state index contributed by atoms with van der Waals surface area (Å²) in [5.74, 6) is 0.499. The molecule has 5 nitrogen and oxygen atoms in total. The van der Waals surface area contributed by atoms with Crippen molar-refractivity contribution in [1.82, 2.24) is 24.6 Å². The molecule has 0 aromatic carbocycles. The van der Waals surface area contributed by atoms with E-state index in [4.69, 9.17) is 4.98 Å². The Morgan fingerprint density at radius 3 is 3.05 bits per heavy atom. The van der Waals surface area contributed by atoms with Crippen molar-refractivity contribution < 1.29 is 0 Å². The maximum atomic E-state index is 4.83. The van der Waals surface area contributed by atoms with Gasteiger partial charge < -0.3 is 4.90 Å². The summed E-state index contributed by atoms with van der Waals surface area (Å²) in [6, 6.07) is 2.00. The van der Waals surface area contributed by atoms with Gasteiger partial charge in [0.1, 0.15) is 5.69 Å². The summed E-state index contributed by atoms with van der Waals surface area (Å²) in [6.45, 7) is 5.20. The van der Waals surface area contributed by atoms with Crippen molar-refractivity contribution >= 4 is 0 Å². The maximum absolute atomic E-state index is 4.83. The molecule has 2 aromatic rings. The van der Waals surface area contributed by atoms with Gasteiger partial charge in [-0.3, -0.25) is 9.67 Å². The average molecular weight is 271 g/mol. The normalized spacial score (nSPS) is 20.2. The van der Waals surface area contributed by atoms with Crippen molar-refractivity contribution in [2.75, 3.05) is 20.1 Å². The fourth-order valence-electron chi connectivity index (χ4n) is 2.91. The van der Waals surface area contributed by atoms with Crippen LogP contribution in [0.15, 0.2) is 24.7 Å². The minimum absolute atomic E-state index is 0.499. The molecule has 0 unspecified atom stereocenters. The predicted octanol–water partition coefficient (Wildman–Crippen LogP) is 2.17. The topological polar surface area (TPSA) is 46.8 Å². The molecule has 3 heterocycles. The van der Waals surface area contributed by atoms with Crippen LogP contribution < -0.4 is 0 Å². The minimum atomic E-state index is 0.499. The van der Waals surface area contributed by atoms with Crippen LogP contribution in [0.1, 0.15) is 31.4 Å². The van der Waals surface area contributed by atoms with Gasteiger partial charge in [0.2, 0.25) is 0 Å². The number of hydrogen-bond acceptors (Lipinski definition) is 4. The van der Waals surface area contributed by atoms with Gasteiger partial charge in [-0.1, -0.05) is 0 Å². The van der Waals surface area contributed by atoms with Gasteiger partial charge in [-0.25, -0.2) is 4.98 Å². The Kier molecular flexibility index (Phi) is 3.78. The van der Waals surface area contributed by atoms with Crippen LogP contribution in [-0.4, -0.2) is 44.8 Å². The third-order valence-electron chi connectivity index (χ3n) is 3.97. The summed E-state index contributed by atoms with van der Waals surface area (Å²) in [5.41, 5.74) is 3.08. The Labute approximate surface area is 119 Å². The number of likely N-dealkylation sites (N-methyl/N-ethyl adjacent to an activating group) is 1. The van der Waals surface area contributed by atoms with Gasteiger partial charge in [-0.2, -0.15) is 5.10 Å². The van der Waals surface area contributed by atoms with Crippen molar-refractivity contribution in [3.63, 3.8) is 0 Å². The van der Waals surface area contributed by atoms with Crippen LogP contribution in [0.4, 0.5) is 0 Å². The molecule has 0 aliphatic carbocycles. The van der Waals surface area contributed by atoms with E-state index < -0.39 is 0 Å². The van der Waals surface area contributed by atoms with Gasteiger partial charge in [0.05, 0.1) is 17.6 Å². The number of aromatic nitrogens is 4. The molecule has 1 atom stereocenters. The second kappa shape index (κ2) is 5.71. The standard InChI is InChI=1S/C15H21N5/c1-3-20-15(6-7-17-20)14-10-16-9-13(18-14)12-5-4-8-19(2)11-12/h6-7,9-10,12H,3-5,8,11H2,1-2H3/t12-/m0/s1. The molecule has 5 heteroatoms. The number of aryl methyl sites for hydroxylation is 1. The number of piperidine rings is 1. The van der Waals surface area contributed by atoms with Crippen molar-refractivity contribution in [2.24, 2.45) is 0 Å². The fraction of sp³-hybridized carbons (Fsp3) is 0.533. The predicted molar refractivity (Wildman–Crippen MR) is 78.4 cm³/mol. The van der Waals surface area contributed by atoms with Crippen LogP contribution >= 0.6 is 0 Å². The van der Waals surface area contributed by atoms with Gasteiger partial charge in [0.25, 0.3) is 0 Å². The summed E-state index contributed by atoms with van der Waals surface area (Å²) in [7, 11) is 2.18. The van der Waals surface area contributed by atoms with Gasteiger partial charge >= 0.3 is 0 Å². The minimum Gasteiger partial charge on any atom is -0.306 e. The Bertz CT molecular complexity index is 577. The molecule has 0 saturated carbocycles. The lowest BCUT2D eigenvalue weighted by Crippen LogP contribution is -2.31. The molecule has 2 aromatic heterocycles. The van der Waals surface area contributed by atoms with E-state index in [0.29, 0.717) is 5.92 Å².